The van der Waals surface area contributed by atoms with E-state index < -0.39 is 6.09 Å². The summed E-state index contributed by atoms with van der Waals surface area (Å²) in [6, 6.07) is 6.82. The molecule has 6 nitrogen and oxygen atoms in total. The second-order valence-corrected chi connectivity index (χ2v) is 6.13. The number of anilines is 1. The maximum atomic E-state index is 11.9. The molecule has 3 aromatic rings. The van der Waals surface area contributed by atoms with Gasteiger partial charge < -0.3 is 4.74 Å². The zero-order chi connectivity index (χ0) is 15.7. The lowest BCUT2D eigenvalue weighted by Gasteiger charge is -2.13. The third kappa shape index (κ3) is 2.90. The van der Waals surface area contributed by atoms with Gasteiger partial charge >= 0.3 is 6.09 Å². The van der Waals surface area contributed by atoms with E-state index in [2.05, 4.69) is 15.4 Å². The summed E-state index contributed by atoms with van der Waals surface area (Å²) in [6.07, 6.45) is 0.593. The molecule has 22 heavy (non-hydrogen) atoms. The molecule has 0 saturated heterocycles. The standard InChI is InChI=1S/C14H13ClN4O2S/c1-8-12(22-13-16-7-17-19(8)13)9(2)21-14(20)18-11-5-3-10(15)4-6-11/h3-7,9H,1-2H3,(H,18,20)/t9-/m1/s1. The van der Waals surface area contributed by atoms with Crippen molar-refractivity contribution < 1.29 is 9.53 Å². The smallest absolute Gasteiger partial charge is 0.412 e. The summed E-state index contributed by atoms with van der Waals surface area (Å²) >= 11 is 7.26. The topological polar surface area (TPSA) is 68.5 Å². The highest BCUT2D eigenvalue weighted by molar-refractivity contribution is 7.17. The van der Waals surface area contributed by atoms with E-state index in [1.54, 1.807) is 28.8 Å². The summed E-state index contributed by atoms with van der Waals surface area (Å²) in [5.41, 5.74) is 1.55. The fourth-order valence-electron chi connectivity index (χ4n) is 2.08. The third-order valence-corrected chi connectivity index (χ3v) is 4.70. The van der Waals surface area contributed by atoms with E-state index in [0.717, 1.165) is 15.5 Å². The van der Waals surface area contributed by atoms with Crippen molar-refractivity contribution in [3.63, 3.8) is 0 Å². The number of rotatable bonds is 3. The lowest BCUT2D eigenvalue weighted by Crippen LogP contribution is -2.16. The number of thiazole rings is 1. The van der Waals surface area contributed by atoms with Crippen LogP contribution in [0.1, 0.15) is 23.6 Å². The van der Waals surface area contributed by atoms with Gasteiger partial charge in [-0.1, -0.05) is 22.9 Å². The molecule has 0 saturated carbocycles. The van der Waals surface area contributed by atoms with Crippen molar-refractivity contribution in [3.05, 3.63) is 46.2 Å². The molecule has 2 aromatic heterocycles. The van der Waals surface area contributed by atoms with Crippen molar-refractivity contribution in [2.45, 2.75) is 20.0 Å². The number of fused-ring (bicyclic) bond motifs is 1. The van der Waals surface area contributed by atoms with Crippen molar-refractivity contribution in [2.24, 2.45) is 0 Å². The number of aromatic nitrogens is 3. The van der Waals surface area contributed by atoms with Gasteiger partial charge in [0.1, 0.15) is 12.4 Å². The number of nitrogens with one attached hydrogen (secondary N) is 1. The summed E-state index contributed by atoms with van der Waals surface area (Å²) in [4.78, 5) is 17.8. The summed E-state index contributed by atoms with van der Waals surface area (Å²) in [5, 5.41) is 7.40. The van der Waals surface area contributed by atoms with E-state index in [-0.39, 0.29) is 6.10 Å². The lowest BCUT2D eigenvalue weighted by atomic mass is 10.3. The Morgan fingerprint density at radius 2 is 2.14 bits per heavy atom. The van der Waals surface area contributed by atoms with E-state index in [9.17, 15) is 4.79 Å². The molecular formula is C14H13ClN4O2S. The minimum Gasteiger partial charge on any atom is -0.440 e. The van der Waals surface area contributed by atoms with Crippen molar-refractivity contribution in [1.29, 1.82) is 0 Å². The Bertz CT molecular complexity index is 812. The highest BCUT2D eigenvalue weighted by atomic mass is 35.5. The summed E-state index contributed by atoms with van der Waals surface area (Å²) in [6.45, 7) is 3.74. The Labute approximate surface area is 135 Å². The minimum atomic E-state index is -0.520. The number of benzene rings is 1. The third-order valence-electron chi connectivity index (χ3n) is 3.14. The first kappa shape index (κ1) is 14.8. The number of carbonyl (C=O) groups excluding carboxylic acids is 1. The number of hydrogen-bond donors (Lipinski definition) is 1. The first-order valence-electron chi connectivity index (χ1n) is 6.57. The van der Waals surface area contributed by atoms with Gasteiger partial charge in [0.2, 0.25) is 4.96 Å². The van der Waals surface area contributed by atoms with Crippen LogP contribution in [-0.4, -0.2) is 20.7 Å². The monoisotopic (exact) mass is 336 g/mol. The van der Waals surface area contributed by atoms with Gasteiger partial charge in [0, 0.05) is 10.7 Å². The van der Waals surface area contributed by atoms with Crippen LogP contribution in [0.15, 0.2) is 30.6 Å². The predicted molar refractivity (Wildman–Crippen MR) is 85.6 cm³/mol. The van der Waals surface area contributed by atoms with Crippen LogP contribution in [0.4, 0.5) is 10.5 Å². The first-order valence-corrected chi connectivity index (χ1v) is 7.76. The van der Waals surface area contributed by atoms with Crippen LogP contribution in [0, 0.1) is 6.92 Å². The second kappa shape index (κ2) is 5.94. The molecule has 0 aliphatic carbocycles. The molecule has 8 heteroatoms. The zero-order valence-electron chi connectivity index (χ0n) is 11.9. The van der Waals surface area contributed by atoms with E-state index >= 15 is 0 Å². The van der Waals surface area contributed by atoms with E-state index in [0.29, 0.717) is 10.7 Å². The highest BCUT2D eigenvalue weighted by Crippen LogP contribution is 2.29. The van der Waals surface area contributed by atoms with Crippen LogP contribution in [0.2, 0.25) is 5.02 Å². The SMILES string of the molecule is Cc1c([C@@H](C)OC(=O)Nc2ccc(Cl)cc2)sc2ncnn12. The normalized spacial score (nSPS) is 12.3. The number of amides is 1. The number of nitrogens with zero attached hydrogens (tertiary/aromatic N) is 3. The van der Waals surface area contributed by atoms with Crippen LogP contribution in [-0.2, 0) is 4.74 Å². The van der Waals surface area contributed by atoms with Crippen LogP contribution >= 0.6 is 22.9 Å². The fraction of sp³-hybridized carbons (Fsp3) is 0.214. The summed E-state index contributed by atoms with van der Waals surface area (Å²) < 4.78 is 7.14. The van der Waals surface area contributed by atoms with E-state index in [4.69, 9.17) is 16.3 Å². The summed E-state index contributed by atoms with van der Waals surface area (Å²) in [5.74, 6) is 0. The van der Waals surface area contributed by atoms with Crippen LogP contribution < -0.4 is 5.32 Å². The average Bonchev–Trinajstić information content (AvgIpc) is 3.05. The molecule has 2 heterocycles. The molecule has 1 atom stereocenters. The van der Waals surface area contributed by atoms with Crippen LogP contribution in [0.3, 0.4) is 0 Å². The number of halogens is 1. The minimum absolute atomic E-state index is 0.388. The molecule has 0 unspecified atom stereocenters. The number of aryl methyl sites for hydroxylation is 1. The average molecular weight is 337 g/mol. The zero-order valence-corrected chi connectivity index (χ0v) is 13.5. The van der Waals surface area contributed by atoms with Gasteiger partial charge in [-0.2, -0.15) is 5.10 Å². The molecule has 114 valence electrons. The van der Waals surface area contributed by atoms with Crippen molar-refractivity contribution in [3.8, 4) is 0 Å². The van der Waals surface area contributed by atoms with Gasteiger partial charge in [0.05, 0.1) is 10.6 Å². The molecule has 3 rings (SSSR count). The molecule has 0 bridgehead atoms. The lowest BCUT2D eigenvalue weighted by molar-refractivity contribution is 0.122. The van der Waals surface area contributed by atoms with Crippen LogP contribution in [0.5, 0.6) is 0 Å². The first-order chi connectivity index (χ1) is 10.5. The molecule has 0 spiro atoms. The Morgan fingerprint density at radius 1 is 1.41 bits per heavy atom. The second-order valence-electron chi connectivity index (χ2n) is 4.69. The van der Waals surface area contributed by atoms with Crippen LogP contribution in [0.25, 0.3) is 4.96 Å². The number of ether oxygens (including phenoxy) is 1. The molecular weight excluding hydrogens is 324 g/mol. The Hall–Kier alpha value is -2.12. The molecule has 0 aliphatic rings. The molecule has 0 aliphatic heterocycles. The number of hydrogen-bond acceptors (Lipinski definition) is 5. The fourth-order valence-corrected chi connectivity index (χ4v) is 3.22. The van der Waals surface area contributed by atoms with Gasteiger partial charge in [0.15, 0.2) is 0 Å². The Balaban J connectivity index is 1.69. The van der Waals surface area contributed by atoms with Gasteiger partial charge in [0.25, 0.3) is 0 Å². The van der Waals surface area contributed by atoms with E-state index in [1.807, 2.05) is 13.8 Å². The van der Waals surface area contributed by atoms with Crippen molar-refractivity contribution in [1.82, 2.24) is 14.6 Å². The maximum Gasteiger partial charge on any atom is 0.412 e. The predicted octanol–water partition coefficient (Wildman–Crippen LogP) is 4.06. The number of carbonyl (C=O) groups is 1. The largest absolute Gasteiger partial charge is 0.440 e. The van der Waals surface area contributed by atoms with Gasteiger partial charge in [-0.15, -0.1) is 0 Å². The molecule has 0 radical (unpaired) electrons. The molecule has 0 fully saturated rings. The molecule has 1 aromatic carbocycles. The Morgan fingerprint density at radius 3 is 2.82 bits per heavy atom. The van der Waals surface area contributed by atoms with E-state index in [1.165, 1.54) is 17.7 Å². The van der Waals surface area contributed by atoms with Gasteiger partial charge in [-0.3, -0.25) is 5.32 Å². The highest BCUT2D eigenvalue weighted by Gasteiger charge is 2.19. The van der Waals surface area contributed by atoms with Crippen molar-refractivity contribution in [2.75, 3.05) is 5.32 Å². The Kier molecular flexibility index (Phi) is 4.00. The van der Waals surface area contributed by atoms with Gasteiger partial charge in [-0.05, 0) is 38.1 Å². The summed E-state index contributed by atoms with van der Waals surface area (Å²) in [7, 11) is 0. The molecule has 1 amide bonds. The van der Waals surface area contributed by atoms with Gasteiger partial charge in [-0.25, -0.2) is 14.3 Å². The maximum absolute atomic E-state index is 11.9. The quantitative estimate of drug-likeness (QED) is 0.783. The van der Waals surface area contributed by atoms with Crippen molar-refractivity contribution >= 4 is 39.7 Å². The molecule has 1 N–H and O–H groups in total.